The largest absolute Gasteiger partial charge is 0.459 e. The predicted octanol–water partition coefficient (Wildman–Crippen LogP) is 1.87. The van der Waals surface area contributed by atoms with Gasteiger partial charge in [-0.15, -0.1) is 0 Å². The Kier molecular flexibility index (Phi) is 5.26. The Hall–Kier alpha value is -2.75. The normalized spacial score (nSPS) is 15.2. The minimum Gasteiger partial charge on any atom is -0.459 e. The first-order valence-electron chi connectivity index (χ1n) is 8.05. The number of furan rings is 1. The summed E-state index contributed by atoms with van der Waals surface area (Å²) in [6.07, 6.45) is 1.41. The lowest BCUT2D eigenvalue weighted by Crippen LogP contribution is -2.50. The lowest BCUT2D eigenvalue weighted by atomic mass is 10.2. The van der Waals surface area contributed by atoms with E-state index in [1.54, 1.807) is 17.0 Å². The van der Waals surface area contributed by atoms with Crippen molar-refractivity contribution in [3.05, 3.63) is 54.0 Å². The molecule has 2 aromatic rings. The SMILES string of the molecule is O=C(c1ccc(S(=O)(=O)C(F)F)cc1)N1CCN(C(=O)c2ccco2)CC1. The van der Waals surface area contributed by atoms with Gasteiger partial charge in [-0.2, -0.15) is 8.78 Å². The van der Waals surface area contributed by atoms with Crippen molar-refractivity contribution in [2.45, 2.75) is 10.7 Å². The van der Waals surface area contributed by atoms with Gasteiger partial charge in [0.05, 0.1) is 11.2 Å². The van der Waals surface area contributed by atoms with Crippen molar-refractivity contribution in [3.63, 3.8) is 0 Å². The standard InChI is InChI=1S/C17H16F2N2O5S/c18-17(19)27(24,25)13-5-3-12(4-6-13)15(22)20-7-9-21(10-8-20)16(23)14-2-1-11-26-14/h1-6,11,17H,7-10H2. The molecule has 0 saturated carbocycles. The summed E-state index contributed by atoms with van der Waals surface area (Å²) < 4.78 is 53.0. The van der Waals surface area contributed by atoms with E-state index in [0.29, 0.717) is 26.2 Å². The number of sulfone groups is 1. The zero-order valence-corrected chi connectivity index (χ0v) is 14.9. The Morgan fingerprint density at radius 2 is 1.48 bits per heavy atom. The molecule has 0 N–H and O–H groups in total. The van der Waals surface area contributed by atoms with Crippen LogP contribution in [-0.4, -0.2) is 62.0 Å². The van der Waals surface area contributed by atoms with Crippen LogP contribution in [0, 0.1) is 0 Å². The van der Waals surface area contributed by atoms with Crippen molar-refractivity contribution in [1.29, 1.82) is 0 Å². The second-order valence-electron chi connectivity index (χ2n) is 5.89. The number of halogens is 2. The summed E-state index contributed by atoms with van der Waals surface area (Å²) in [5.41, 5.74) is 0.189. The third-order valence-corrected chi connectivity index (χ3v) is 5.65. The topological polar surface area (TPSA) is 87.9 Å². The molecule has 0 radical (unpaired) electrons. The molecule has 0 aliphatic carbocycles. The van der Waals surface area contributed by atoms with Gasteiger partial charge in [-0.1, -0.05) is 0 Å². The lowest BCUT2D eigenvalue weighted by Gasteiger charge is -2.34. The molecule has 0 atom stereocenters. The minimum atomic E-state index is -4.69. The van der Waals surface area contributed by atoms with E-state index in [0.717, 1.165) is 12.1 Å². The van der Waals surface area contributed by atoms with Crippen molar-refractivity contribution in [2.24, 2.45) is 0 Å². The third kappa shape index (κ3) is 3.85. The van der Waals surface area contributed by atoms with Gasteiger partial charge in [-0.3, -0.25) is 9.59 Å². The number of carbonyl (C=O) groups excluding carboxylic acids is 2. The van der Waals surface area contributed by atoms with E-state index in [9.17, 15) is 26.8 Å². The molecule has 2 heterocycles. The van der Waals surface area contributed by atoms with Crippen molar-refractivity contribution >= 4 is 21.7 Å². The second-order valence-corrected chi connectivity index (χ2v) is 7.81. The Balaban J connectivity index is 1.63. The summed E-state index contributed by atoms with van der Waals surface area (Å²) in [6.45, 7) is 1.23. The van der Waals surface area contributed by atoms with Gasteiger partial charge in [-0.05, 0) is 36.4 Å². The van der Waals surface area contributed by atoms with Crippen molar-refractivity contribution in [2.75, 3.05) is 26.2 Å². The van der Waals surface area contributed by atoms with E-state index in [4.69, 9.17) is 4.42 Å². The van der Waals surface area contributed by atoms with Crippen LogP contribution in [0.3, 0.4) is 0 Å². The number of hydrogen-bond donors (Lipinski definition) is 0. The van der Waals surface area contributed by atoms with E-state index in [2.05, 4.69) is 0 Å². The van der Waals surface area contributed by atoms with E-state index in [1.807, 2.05) is 0 Å². The number of nitrogens with zero attached hydrogens (tertiary/aromatic N) is 2. The molecular weight excluding hydrogens is 382 g/mol. The fourth-order valence-electron chi connectivity index (χ4n) is 2.74. The number of rotatable bonds is 4. The maximum atomic E-state index is 12.6. The molecule has 3 rings (SSSR count). The van der Waals surface area contributed by atoms with Crippen molar-refractivity contribution in [3.8, 4) is 0 Å². The fourth-order valence-corrected chi connectivity index (χ4v) is 3.46. The number of piperazine rings is 1. The van der Waals surface area contributed by atoms with Crippen LogP contribution in [0.25, 0.3) is 0 Å². The summed E-state index contributed by atoms with van der Waals surface area (Å²) in [4.78, 5) is 27.3. The monoisotopic (exact) mass is 398 g/mol. The quantitative estimate of drug-likeness (QED) is 0.785. The Morgan fingerprint density at radius 3 is 1.96 bits per heavy atom. The van der Waals surface area contributed by atoms with Gasteiger partial charge >= 0.3 is 5.76 Å². The molecule has 0 unspecified atom stereocenters. The molecule has 1 aromatic carbocycles. The van der Waals surface area contributed by atoms with Gasteiger partial charge in [0, 0.05) is 31.7 Å². The highest BCUT2D eigenvalue weighted by molar-refractivity contribution is 7.91. The molecule has 1 aliphatic heterocycles. The Bertz CT molecular complexity index is 919. The third-order valence-electron chi connectivity index (χ3n) is 4.25. The summed E-state index contributed by atoms with van der Waals surface area (Å²) in [7, 11) is -4.69. The van der Waals surface area contributed by atoms with Crippen LogP contribution in [0.1, 0.15) is 20.9 Å². The molecular formula is C17H16F2N2O5S. The zero-order chi connectivity index (χ0) is 19.6. The van der Waals surface area contributed by atoms with Crippen LogP contribution in [-0.2, 0) is 9.84 Å². The molecule has 0 bridgehead atoms. The van der Waals surface area contributed by atoms with Crippen LogP contribution in [0.15, 0.2) is 52.0 Å². The van der Waals surface area contributed by atoms with Crippen LogP contribution in [0.4, 0.5) is 8.78 Å². The van der Waals surface area contributed by atoms with Crippen molar-refractivity contribution < 1.29 is 31.2 Å². The van der Waals surface area contributed by atoms with Gasteiger partial charge in [0.1, 0.15) is 0 Å². The molecule has 7 nitrogen and oxygen atoms in total. The number of hydrogen-bond acceptors (Lipinski definition) is 5. The summed E-state index contributed by atoms with van der Waals surface area (Å²) in [5, 5.41) is 0. The first kappa shape index (κ1) is 19.0. The van der Waals surface area contributed by atoms with Gasteiger partial charge in [-0.25, -0.2) is 8.42 Å². The van der Waals surface area contributed by atoms with Gasteiger partial charge < -0.3 is 14.2 Å². The van der Waals surface area contributed by atoms with Gasteiger partial charge in [0.2, 0.25) is 9.84 Å². The minimum absolute atomic E-state index is 0.189. The first-order valence-corrected chi connectivity index (χ1v) is 9.59. The number of amides is 2. The zero-order valence-electron chi connectivity index (χ0n) is 14.0. The number of benzene rings is 1. The highest BCUT2D eigenvalue weighted by Gasteiger charge is 2.28. The molecule has 1 aromatic heterocycles. The number of alkyl halides is 2. The van der Waals surface area contributed by atoms with Crippen LogP contribution in [0.5, 0.6) is 0 Å². The fraction of sp³-hybridized carbons (Fsp3) is 0.294. The summed E-state index contributed by atoms with van der Waals surface area (Å²) >= 11 is 0. The molecule has 1 saturated heterocycles. The summed E-state index contributed by atoms with van der Waals surface area (Å²) in [5.74, 6) is -3.90. The van der Waals surface area contributed by atoms with E-state index < -0.39 is 20.5 Å². The molecule has 0 spiro atoms. The smallest absolute Gasteiger partial charge is 0.341 e. The molecule has 144 valence electrons. The van der Waals surface area contributed by atoms with Crippen LogP contribution >= 0.6 is 0 Å². The second kappa shape index (κ2) is 7.47. The maximum Gasteiger partial charge on any atom is 0.341 e. The van der Waals surface area contributed by atoms with Gasteiger partial charge in [0.25, 0.3) is 11.8 Å². The number of carbonyl (C=O) groups is 2. The average Bonchev–Trinajstić information content (AvgIpc) is 3.22. The Labute approximate surface area is 154 Å². The molecule has 1 aliphatic rings. The predicted molar refractivity (Wildman–Crippen MR) is 90.1 cm³/mol. The highest BCUT2D eigenvalue weighted by Crippen LogP contribution is 2.19. The molecule has 2 amide bonds. The Morgan fingerprint density at radius 1 is 0.926 bits per heavy atom. The van der Waals surface area contributed by atoms with E-state index in [1.165, 1.54) is 23.3 Å². The van der Waals surface area contributed by atoms with Crippen LogP contribution < -0.4 is 0 Å². The van der Waals surface area contributed by atoms with Crippen molar-refractivity contribution in [1.82, 2.24) is 9.80 Å². The molecule has 27 heavy (non-hydrogen) atoms. The lowest BCUT2D eigenvalue weighted by molar-refractivity contribution is 0.0518. The van der Waals surface area contributed by atoms with E-state index in [-0.39, 0.29) is 23.1 Å². The van der Waals surface area contributed by atoms with Gasteiger partial charge in [0.15, 0.2) is 5.76 Å². The van der Waals surface area contributed by atoms with Crippen LogP contribution in [0.2, 0.25) is 0 Å². The first-order chi connectivity index (χ1) is 12.8. The molecule has 10 heteroatoms. The molecule has 1 fully saturated rings. The summed E-state index contributed by atoms with van der Waals surface area (Å²) in [6, 6.07) is 7.58. The van der Waals surface area contributed by atoms with E-state index >= 15 is 0 Å². The average molecular weight is 398 g/mol. The maximum absolute atomic E-state index is 12.6. The highest BCUT2D eigenvalue weighted by atomic mass is 32.2.